The van der Waals surface area contributed by atoms with E-state index in [1.165, 1.54) is 71.1 Å². The van der Waals surface area contributed by atoms with Gasteiger partial charge in [-0.15, -0.1) is 0 Å². The van der Waals surface area contributed by atoms with Crippen LogP contribution in [0.15, 0.2) is 11.6 Å². The first kappa shape index (κ1) is 11.7. The molecule has 2 heteroatoms. The van der Waals surface area contributed by atoms with Gasteiger partial charge in [-0.1, -0.05) is 11.6 Å². The van der Waals surface area contributed by atoms with Crippen molar-refractivity contribution in [2.24, 2.45) is 5.92 Å². The molecule has 96 valence electrons. The standard InChI is InChI=1S/C15H26N2/c1-2-5-13(4-1)8-11-17-10-3-9-16-15(12-17)14-6-7-14/h4,14-16H,1-3,5-12H2. The third-order valence-corrected chi connectivity index (χ3v) is 4.59. The van der Waals surface area contributed by atoms with Crippen molar-refractivity contribution in [3.05, 3.63) is 11.6 Å². The van der Waals surface area contributed by atoms with Crippen LogP contribution in [-0.4, -0.2) is 37.1 Å². The molecular weight excluding hydrogens is 208 g/mol. The van der Waals surface area contributed by atoms with Gasteiger partial charge in [-0.2, -0.15) is 0 Å². The highest BCUT2D eigenvalue weighted by molar-refractivity contribution is 5.07. The molecule has 0 radical (unpaired) electrons. The first-order valence-electron chi connectivity index (χ1n) is 7.55. The van der Waals surface area contributed by atoms with Gasteiger partial charge in [0.1, 0.15) is 0 Å². The van der Waals surface area contributed by atoms with Gasteiger partial charge >= 0.3 is 0 Å². The van der Waals surface area contributed by atoms with Gasteiger partial charge in [-0.3, -0.25) is 0 Å². The maximum atomic E-state index is 3.75. The number of nitrogens with zero attached hydrogens (tertiary/aromatic N) is 1. The minimum Gasteiger partial charge on any atom is -0.312 e. The summed E-state index contributed by atoms with van der Waals surface area (Å²) < 4.78 is 0. The molecule has 1 saturated heterocycles. The predicted molar refractivity (Wildman–Crippen MR) is 72.1 cm³/mol. The molecule has 1 aliphatic heterocycles. The molecule has 17 heavy (non-hydrogen) atoms. The van der Waals surface area contributed by atoms with Crippen molar-refractivity contribution in [2.75, 3.05) is 26.2 Å². The summed E-state index contributed by atoms with van der Waals surface area (Å²) in [5.74, 6) is 1.00. The van der Waals surface area contributed by atoms with E-state index in [1.807, 2.05) is 0 Å². The Kier molecular flexibility index (Phi) is 3.82. The highest BCUT2D eigenvalue weighted by Gasteiger charge is 2.32. The molecule has 0 aromatic heterocycles. The van der Waals surface area contributed by atoms with Crippen LogP contribution in [0.1, 0.15) is 44.9 Å². The number of hydrogen-bond acceptors (Lipinski definition) is 2. The maximum Gasteiger partial charge on any atom is 0.0223 e. The maximum absolute atomic E-state index is 3.75. The zero-order valence-corrected chi connectivity index (χ0v) is 11.0. The van der Waals surface area contributed by atoms with Gasteiger partial charge in [0.15, 0.2) is 0 Å². The predicted octanol–water partition coefficient (Wildman–Crippen LogP) is 2.56. The van der Waals surface area contributed by atoms with E-state index in [4.69, 9.17) is 0 Å². The van der Waals surface area contributed by atoms with Crippen LogP contribution in [0.3, 0.4) is 0 Å². The molecule has 3 aliphatic rings. The van der Waals surface area contributed by atoms with Crippen LogP contribution < -0.4 is 5.32 Å². The van der Waals surface area contributed by atoms with E-state index in [1.54, 1.807) is 5.57 Å². The van der Waals surface area contributed by atoms with E-state index in [-0.39, 0.29) is 0 Å². The molecule has 1 N–H and O–H groups in total. The van der Waals surface area contributed by atoms with E-state index >= 15 is 0 Å². The van der Waals surface area contributed by atoms with Crippen molar-refractivity contribution in [1.82, 2.24) is 10.2 Å². The molecule has 1 saturated carbocycles. The Morgan fingerprint density at radius 1 is 1.29 bits per heavy atom. The van der Waals surface area contributed by atoms with Gasteiger partial charge in [0.25, 0.3) is 0 Å². The molecule has 0 amide bonds. The van der Waals surface area contributed by atoms with Crippen LogP contribution in [0.4, 0.5) is 0 Å². The number of nitrogens with one attached hydrogen (secondary N) is 1. The second kappa shape index (κ2) is 5.53. The second-order valence-corrected chi connectivity index (χ2v) is 6.06. The van der Waals surface area contributed by atoms with E-state index in [9.17, 15) is 0 Å². The molecule has 3 rings (SSSR count). The minimum absolute atomic E-state index is 0.801. The van der Waals surface area contributed by atoms with E-state index in [2.05, 4.69) is 16.3 Å². The molecule has 1 atom stereocenters. The van der Waals surface area contributed by atoms with Crippen LogP contribution in [-0.2, 0) is 0 Å². The highest BCUT2D eigenvalue weighted by Crippen LogP contribution is 2.33. The SMILES string of the molecule is C1=C(CCN2CCCNC(C3CC3)C2)CCC1. The quantitative estimate of drug-likeness (QED) is 0.752. The zero-order valence-electron chi connectivity index (χ0n) is 11.0. The Morgan fingerprint density at radius 2 is 2.24 bits per heavy atom. The van der Waals surface area contributed by atoms with Crippen molar-refractivity contribution in [1.29, 1.82) is 0 Å². The lowest BCUT2D eigenvalue weighted by molar-refractivity contribution is 0.261. The molecule has 2 fully saturated rings. The third kappa shape index (κ3) is 3.32. The van der Waals surface area contributed by atoms with Gasteiger partial charge in [-0.05, 0) is 64.0 Å². The molecule has 0 spiro atoms. The second-order valence-electron chi connectivity index (χ2n) is 6.06. The summed E-state index contributed by atoms with van der Waals surface area (Å²) in [4.78, 5) is 2.71. The van der Waals surface area contributed by atoms with E-state index in [0.717, 1.165) is 12.0 Å². The van der Waals surface area contributed by atoms with Crippen molar-refractivity contribution in [2.45, 2.75) is 51.0 Å². The lowest BCUT2D eigenvalue weighted by atomic mass is 10.1. The number of rotatable bonds is 4. The minimum atomic E-state index is 0.801. The summed E-state index contributed by atoms with van der Waals surface area (Å²) in [5.41, 5.74) is 1.73. The Bertz CT molecular complexity index is 281. The fraction of sp³-hybridized carbons (Fsp3) is 0.867. The van der Waals surface area contributed by atoms with E-state index < -0.39 is 0 Å². The Balaban J connectivity index is 1.47. The van der Waals surface area contributed by atoms with Gasteiger partial charge in [0.05, 0.1) is 0 Å². The smallest absolute Gasteiger partial charge is 0.0223 e. The third-order valence-electron chi connectivity index (χ3n) is 4.59. The monoisotopic (exact) mass is 234 g/mol. The summed E-state index contributed by atoms with van der Waals surface area (Å²) in [7, 11) is 0. The number of hydrogen-bond donors (Lipinski definition) is 1. The summed E-state index contributed by atoms with van der Waals surface area (Å²) in [6, 6.07) is 0.801. The Labute approximate surface area is 105 Å². The summed E-state index contributed by atoms with van der Waals surface area (Å²) in [5, 5.41) is 3.75. The van der Waals surface area contributed by atoms with Crippen LogP contribution >= 0.6 is 0 Å². The highest BCUT2D eigenvalue weighted by atomic mass is 15.2. The van der Waals surface area contributed by atoms with Gasteiger partial charge in [0, 0.05) is 19.1 Å². The van der Waals surface area contributed by atoms with Crippen molar-refractivity contribution < 1.29 is 0 Å². The molecule has 1 unspecified atom stereocenters. The van der Waals surface area contributed by atoms with Crippen LogP contribution in [0.5, 0.6) is 0 Å². The number of allylic oxidation sites excluding steroid dienone is 1. The summed E-state index contributed by atoms with van der Waals surface area (Å²) >= 11 is 0. The van der Waals surface area contributed by atoms with Gasteiger partial charge in [0.2, 0.25) is 0 Å². The van der Waals surface area contributed by atoms with Crippen LogP contribution in [0.2, 0.25) is 0 Å². The average Bonchev–Trinajstić information content (AvgIpc) is 3.09. The lowest BCUT2D eigenvalue weighted by Gasteiger charge is -2.24. The van der Waals surface area contributed by atoms with Crippen molar-refractivity contribution in [3.63, 3.8) is 0 Å². The molecule has 2 nitrogen and oxygen atoms in total. The topological polar surface area (TPSA) is 15.3 Å². The average molecular weight is 234 g/mol. The Hall–Kier alpha value is -0.340. The Morgan fingerprint density at radius 3 is 3.00 bits per heavy atom. The fourth-order valence-electron chi connectivity index (χ4n) is 3.31. The van der Waals surface area contributed by atoms with E-state index in [0.29, 0.717) is 0 Å². The fourth-order valence-corrected chi connectivity index (χ4v) is 3.31. The first-order valence-corrected chi connectivity index (χ1v) is 7.55. The molecule has 0 aromatic rings. The van der Waals surface area contributed by atoms with Crippen LogP contribution in [0.25, 0.3) is 0 Å². The van der Waals surface area contributed by atoms with Crippen LogP contribution in [0, 0.1) is 5.92 Å². The summed E-state index contributed by atoms with van der Waals surface area (Å²) in [6.45, 7) is 5.15. The summed E-state index contributed by atoms with van der Waals surface area (Å²) in [6.07, 6.45) is 12.2. The lowest BCUT2D eigenvalue weighted by Crippen LogP contribution is -2.39. The normalized spacial score (nSPS) is 31.3. The van der Waals surface area contributed by atoms with Crippen molar-refractivity contribution in [3.8, 4) is 0 Å². The zero-order chi connectivity index (χ0) is 11.5. The molecule has 1 heterocycles. The van der Waals surface area contributed by atoms with Gasteiger partial charge < -0.3 is 10.2 Å². The molecule has 2 aliphatic carbocycles. The molecular formula is C15H26N2. The van der Waals surface area contributed by atoms with Gasteiger partial charge in [-0.25, -0.2) is 0 Å². The van der Waals surface area contributed by atoms with Crippen molar-refractivity contribution >= 4 is 0 Å². The first-order chi connectivity index (χ1) is 8.42. The molecule has 0 bridgehead atoms. The largest absolute Gasteiger partial charge is 0.312 e. The molecule has 0 aromatic carbocycles.